The third kappa shape index (κ3) is 4.45. The summed E-state index contributed by atoms with van der Waals surface area (Å²) < 4.78 is 5.21. The van der Waals surface area contributed by atoms with Gasteiger partial charge in [-0.15, -0.1) is 0 Å². The number of nitrogens with one attached hydrogen (secondary N) is 2. The van der Waals surface area contributed by atoms with Crippen LogP contribution in [0.1, 0.15) is 16.1 Å². The van der Waals surface area contributed by atoms with E-state index in [-0.39, 0.29) is 18.5 Å². The molecule has 2 rings (SSSR count). The van der Waals surface area contributed by atoms with E-state index in [1.807, 2.05) is 12.1 Å². The van der Waals surface area contributed by atoms with Crippen molar-refractivity contribution in [1.29, 1.82) is 0 Å². The maximum absolute atomic E-state index is 12.4. The number of carbonyl (C=O) groups excluding carboxylic acids is 2. The first-order valence-electron chi connectivity index (χ1n) is 7.35. The summed E-state index contributed by atoms with van der Waals surface area (Å²) in [5.74, 6) is 0.306. The van der Waals surface area contributed by atoms with Crippen LogP contribution in [0.2, 0.25) is 0 Å². The molecule has 0 aliphatic rings. The number of amides is 3. The lowest BCUT2D eigenvalue weighted by Gasteiger charge is -2.12. The Kier molecular flexibility index (Phi) is 5.73. The molecule has 0 spiro atoms. The van der Waals surface area contributed by atoms with Crippen LogP contribution < -0.4 is 15.4 Å². The maximum atomic E-state index is 12.4. The highest BCUT2D eigenvalue weighted by molar-refractivity contribution is 6.05. The summed E-state index contributed by atoms with van der Waals surface area (Å²) >= 11 is 0. The topological polar surface area (TPSA) is 83.6 Å². The molecule has 7 heteroatoms. The Morgan fingerprint density at radius 2 is 1.96 bits per heavy atom. The number of benzene rings is 1. The molecule has 0 saturated heterocycles. The van der Waals surface area contributed by atoms with Crippen molar-refractivity contribution in [3.8, 4) is 5.75 Å². The minimum Gasteiger partial charge on any atom is -0.495 e. The molecule has 24 heavy (non-hydrogen) atoms. The van der Waals surface area contributed by atoms with Crippen LogP contribution in [-0.2, 0) is 6.54 Å². The molecule has 0 aliphatic heterocycles. The van der Waals surface area contributed by atoms with Gasteiger partial charge in [0, 0.05) is 25.9 Å². The number of pyridine rings is 1. The van der Waals surface area contributed by atoms with Gasteiger partial charge in [-0.25, -0.2) is 4.79 Å². The molecule has 3 amide bonds. The number of anilines is 1. The SMILES string of the molecule is COc1ccccc1NC(=O)c1ccnc(CNC(=O)N(C)C)c1. The van der Waals surface area contributed by atoms with Gasteiger partial charge in [-0.3, -0.25) is 9.78 Å². The molecular weight excluding hydrogens is 308 g/mol. The molecule has 7 nitrogen and oxygen atoms in total. The van der Waals surface area contributed by atoms with Gasteiger partial charge in [0.15, 0.2) is 0 Å². The fourth-order valence-electron chi connectivity index (χ4n) is 1.98. The number of ether oxygens (including phenoxy) is 1. The molecule has 2 N–H and O–H groups in total. The summed E-state index contributed by atoms with van der Waals surface area (Å²) in [5.41, 5.74) is 1.63. The van der Waals surface area contributed by atoms with Crippen molar-refractivity contribution >= 4 is 17.6 Å². The highest BCUT2D eigenvalue weighted by atomic mass is 16.5. The lowest BCUT2D eigenvalue weighted by molar-refractivity contribution is 0.102. The van der Waals surface area contributed by atoms with Crippen molar-refractivity contribution < 1.29 is 14.3 Å². The maximum Gasteiger partial charge on any atom is 0.317 e. The van der Waals surface area contributed by atoms with Crippen LogP contribution in [0.15, 0.2) is 42.6 Å². The molecule has 0 bridgehead atoms. The number of hydrogen-bond donors (Lipinski definition) is 2. The number of aromatic nitrogens is 1. The Hall–Kier alpha value is -3.09. The molecule has 0 aliphatic carbocycles. The Bertz CT molecular complexity index is 731. The van der Waals surface area contributed by atoms with E-state index in [0.717, 1.165) is 0 Å². The summed E-state index contributed by atoms with van der Waals surface area (Å²) in [6, 6.07) is 10.2. The van der Waals surface area contributed by atoms with Gasteiger partial charge >= 0.3 is 6.03 Å². The average Bonchev–Trinajstić information content (AvgIpc) is 2.60. The van der Waals surface area contributed by atoms with Crippen LogP contribution in [0.25, 0.3) is 0 Å². The number of para-hydroxylation sites is 2. The van der Waals surface area contributed by atoms with Crippen LogP contribution in [0, 0.1) is 0 Å². The molecule has 1 aromatic heterocycles. The molecule has 1 aromatic carbocycles. The minimum atomic E-state index is -0.276. The number of urea groups is 1. The first kappa shape index (κ1) is 17.3. The van der Waals surface area contributed by atoms with Gasteiger partial charge in [-0.1, -0.05) is 12.1 Å². The summed E-state index contributed by atoms with van der Waals surface area (Å²) in [7, 11) is 4.85. The Balaban J connectivity index is 2.07. The number of hydrogen-bond acceptors (Lipinski definition) is 4. The van der Waals surface area contributed by atoms with Crippen LogP contribution in [-0.4, -0.2) is 43.0 Å². The zero-order valence-corrected chi connectivity index (χ0v) is 13.9. The lowest BCUT2D eigenvalue weighted by atomic mass is 10.2. The molecule has 0 radical (unpaired) electrons. The van der Waals surface area contributed by atoms with Crippen molar-refractivity contribution in [2.75, 3.05) is 26.5 Å². The van der Waals surface area contributed by atoms with Gasteiger partial charge in [0.1, 0.15) is 5.75 Å². The Morgan fingerprint density at radius 1 is 1.21 bits per heavy atom. The van der Waals surface area contributed by atoms with Crippen molar-refractivity contribution in [1.82, 2.24) is 15.2 Å². The fourth-order valence-corrected chi connectivity index (χ4v) is 1.98. The van der Waals surface area contributed by atoms with Gasteiger partial charge in [-0.05, 0) is 24.3 Å². The summed E-state index contributed by atoms with van der Waals surface area (Å²) in [5, 5.41) is 5.51. The van der Waals surface area contributed by atoms with Gasteiger partial charge in [0.25, 0.3) is 5.91 Å². The molecule has 0 unspecified atom stereocenters. The average molecular weight is 328 g/mol. The van der Waals surface area contributed by atoms with Gasteiger partial charge in [0.05, 0.1) is 25.0 Å². The van der Waals surface area contributed by atoms with E-state index >= 15 is 0 Å². The highest BCUT2D eigenvalue weighted by Crippen LogP contribution is 2.23. The minimum absolute atomic E-state index is 0.222. The Labute approximate surface area is 140 Å². The fraction of sp³-hybridized carbons (Fsp3) is 0.235. The van der Waals surface area contributed by atoms with Gasteiger partial charge in [-0.2, -0.15) is 0 Å². The third-order valence-corrected chi connectivity index (χ3v) is 3.26. The lowest BCUT2D eigenvalue weighted by Crippen LogP contribution is -2.34. The molecule has 126 valence electrons. The van der Waals surface area contributed by atoms with Crippen LogP contribution in [0.4, 0.5) is 10.5 Å². The molecule has 0 fully saturated rings. The summed E-state index contributed by atoms with van der Waals surface area (Å²) in [6.45, 7) is 0.243. The van der Waals surface area contributed by atoms with Gasteiger partial charge in [0.2, 0.25) is 0 Å². The molecule has 1 heterocycles. The van der Waals surface area contributed by atoms with E-state index in [0.29, 0.717) is 22.7 Å². The number of methoxy groups -OCH3 is 1. The van der Waals surface area contributed by atoms with Crippen molar-refractivity contribution in [3.63, 3.8) is 0 Å². The van der Waals surface area contributed by atoms with Crippen molar-refractivity contribution in [2.45, 2.75) is 6.54 Å². The van der Waals surface area contributed by atoms with Crippen LogP contribution in [0.3, 0.4) is 0 Å². The second-order valence-electron chi connectivity index (χ2n) is 5.24. The largest absolute Gasteiger partial charge is 0.495 e. The summed E-state index contributed by atoms with van der Waals surface area (Å²) in [6.07, 6.45) is 1.54. The predicted octanol–water partition coefficient (Wildman–Crippen LogP) is 2.11. The van der Waals surface area contributed by atoms with Gasteiger partial charge < -0.3 is 20.3 Å². The number of carbonyl (C=O) groups is 2. The van der Waals surface area contributed by atoms with E-state index in [2.05, 4.69) is 15.6 Å². The number of rotatable bonds is 5. The first-order chi connectivity index (χ1) is 11.5. The van der Waals surface area contributed by atoms with E-state index in [9.17, 15) is 9.59 Å². The number of nitrogens with zero attached hydrogens (tertiary/aromatic N) is 2. The normalized spacial score (nSPS) is 9.96. The Morgan fingerprint density at radius 3 is 2.67 bits per heavy atom. The highest BCUT2D eigenvalue weighted by Gasteiger charge is 2.11. The third-order valence-electron chi connectivity index (χ3n) is 3.26. The second-order valence-corrected chi connectivity index (χ2v) is 5.24. The van der Waals surface area contributed by atoms with Crippen LogP contribution in [0.5, 0.6) is 5.75 Å². The first-order valence-corrected chi connectivity index (χ1v) is 7.35. The zero-order chi connectivity index (χ0) is 17.5. The molecule has 0 saturated carbocycles. The van der Waals surface area contributed by atoms with E-state index in [1.54, 1.807) is 45.5 Å². The smallest absolute Gasteiger partial charge is 0.317 e. The quantitative estimate of drug-likeness (QED) is 0.880. The standard InChI is InChI=1S/C17H20N4O3/c1-21(2)17(23)19-11-13-10-12(8-9-18-13)16(22)20-14-6-4-5-7-15(14)24-3/h4-10H,11H2,1-3H3,(H,19,23)(H,20,22). The molecule has 0 atom stereocenters. The van der Waals surface area contributed by atoms with E-state index in [1.165, 1.54) is 11.1 Å². The van der Waals surface area contributed by atoms with Crippen LogP contribution >= 0.6 is 0 Å². The van der Waals surface area contributed by atoms with E-state index < -0.39 is 0 Å². The van der Waals surface area contributed by atoms with Crippen molar-refractivity contribution in [3.05, 3.63) is 53.9 Å². The predicted molar refractivity (Wildman–Crippen MR) is 91.1 cm³/mol. The monoisotopic (exact) mass is 328 g/mol. The summed E-state index contributed by atoms with van der Waals surface area (Å²) in [4.78, 5) is 29.5. The van der Waals surface area contributed by atoms with Crippen molar-refractivity contribution in [2.24, 2.45) is 0 Å². The molecular formula is C17H20N4O3. The zero-order valence-electron chi connectivity index (χ0n) is 13.9. The second kappa shape index (κ2) is 7.96. The van der Waals surface area contributed by atoms with E-state index in [4.69, 9.17) is 4.74 Å². The molecule has 2 aromatic rings.